The largest absolute Gasteiger partial charge is 0.493 e. The highest BCUT2D eigenvalue weighted by molar-refractivity contribution is 5.90. The van der Waals surface area contributed by atoms with E-state index in [-0.39, 0.29) is 5.91 Å². The highest BCUT2D eigenvalue weighted by Crippen LogP contribution is 2.33. The molecule has 0 saturated heterocycles. The van der Waals surface area contributed by atoms with Gasteiger partial charge in [0, 0.05) is 31.7 Å². The minimum atomic E-state index is 0.0531. The number of carbonyl (C=O) groups excluding carboxylic acids is 1. The van der Waals surface area contributed by atoms with E-state index in [1.165, 1.54) is 16.7 Å². The molecule has 0 saturated carbocycles. The van der Waals surface area contributed by atoms with Gasteiger partial charge >= 0.3 is 0 Å². The normalized spacial score (nSPS) is 13.7. The average molecular weight is 368 g/mol. The molecule has 0 fully saturated rings. The predicted molar refractivity (Wildman–Crippen MR) is 108 cm³/mol. The SMILES string of the molecule is CCc1ccc(NC(=O)CCN2CCc3cc(OC)c(OC)cc3C2)cc1. The monoisotopic (exact) mass is 368 g/mol. The van der Waals surface area contributed by atoms with E-state index in [9.17, 15) is 4.79 Å². The highest BCUT2D eigenvalue weighted by Gasteiger charge is 2.20. The molecule has 1 N–H and O–H groups in total. The molecule has 144 valence electrons. The summed E-state index contributed by atoms with van der Waals surface area (Å²) in [6, 6.07) is 12.2. The molecule has 0 aromatic heterocycles. The minimum Gasteiger partial charge on any atom is -0.493 e. The van der Waals surface area contributed by atoms with Gasteiger partial charge < -0.3 is 14.8 Å². The number of fused-ring (bicyclic) bond motifs is 1. The van der Waals surface area contributed by atoms with Crippen LogP contribution in [0, 0.1) is 0 Å². The van der Waals surface area contributed by atoms with Gasteiger partial charge in [0.1, 0.15) is 0 Å². The van der Waals surface area contributed by atoms with Gasteiger partial charge in [-0.2, -0.15) is 0 Å². The summed E-state index contributed by atoms with van der Waals surface area (Å²) < 4.78 is 10.8. The first-order chi connectivity index (χ1) is 13.1. The van der Waals surface area contributed by atoms with Crippen LogP contribution in [0.4, 0.5) is 5.69 Å². The van der Waals surface area contributed by atoms with Crippen molar-refractivity contribution in [3.05, 3.63) is 53.1 Å². The van der Waals surface area contributed by atoms with E-state index in [2.05, 4.69) is 41.4 Å². The maximum Gasteiger partial charge on any atom is 0.225 e. The zero-order valence-electron chi connectivity index (χ0n) is 16.4. The van der Waals surface area contributed by atoms with Gasteiger partial charge in [-0.05, 0) is 53.8 Å². The Bertz CT molecular complexity index is 787. The quantitative estimate of drug-likeness (QED) is 0.810. The fourth-order valence-corrected chi connectivity index (χ4v) is 3.44. The van der Waals surface area contributed by atoms with Gasteiger partial charge in [0.25, 0.3) is 0 Å². The third-order valence-corrected chi connectivity index (χ3v) is 5.10. The highest BCUT2D eigenvalue weighted by atomic mass is 16.5. The van der Waals surface area contributed by atoms with E-state index in [4.69, 9.17) is 9.47 Å². The van der Waals surface area contributed by atoms with Crippen LogP contribution in [0.15, 0.2) is 36.4 Å². The van der Waals surface area contributed by atoms with Gasteiger partial charge in [-0.15, -0.1) is 0 Å². The molecule has 2 aromatic rings. The molecular weight excluding hydrogens is 340 g/mol. The third kappa shape index (κ3) is 4.80. The minimum absolute atomic E-state index is 0.0531. The van der Waals surface area contributed by atoms with E-state index < -0.39 is 0 Å². The summed E-state index contributed by atoms with van der Waals surface area (Å²) in [5, 5.41) is 2.98. The van der Waals surface area contributed by atoms with E-state index >= 15 is 0 Å². The summed E-state index contributed by atoms with van der Waals surface area (Å²) in [4.78, 5) is 14.6. The van der Waals surface area contributed by atoms with Gasteiger partial charge in [-0.25, -0.2) is 0 Å². The summed E-state index contributed by atoms with van der Waals surface area (Å²) >= 11 is 0. The second-order valence-electron chi connectivity index (χ2n) is 6.85. The van der Waals surface area contributed by atoms with E-state index in [1.54, 1.807) is 14.2 Å². The first-order valence-electron chi connectivity index (χ1n) is 9.47. The molecule has 5 nitrogen and oxygen atoms in total. The second-order valence-corrected chi connectivity index (χ2v) is 6.85. The fourth-order valence-electron chi connectivity index (χ4n) is 3.44. The lowest BCUT2D eigenvalue weighted by Gasteiger charge is -2.29. The number of hydrogen-bond donors (Lipinski definition) is 1. The number of ether oxygens (including phenoxy) is 2. The average Bonchev–Trinajstić information content (AvgIpc) is 2.71. The molecule has 5 heteroatoms. The van der Waals surface area contributed by atoms with Gasteiger partial charge in [-0.3, -0.25) is 9.69 Å². The molecule has 0 radical (unpaired) electrons. The maximum atomic E-state index is 12.3. The summed E-state index contributed by atoms with van der Waals surface area (Å²) in [6.07, 6.45) is 2.44. The van der Waals surface area contributed by atoms with Crippen molar-refractivity contribution in [2.45, 2.75) is 32.7 Å². The van der Waals surface area contributed by atoms with Gasteiger partial charge in [-0.1, -0.05) is 19.1 Å². The van der Waals surface area contributed by atoms with E-state index in [0.717, 1.165) is 49.7 Å². The Morgan fingerprint density at radius 1 is 1.07 bits per heavy atom. The summed E-state index contributed by atoms with van der Waals surface area (Å²) in [5.74, 6) is 1.59. The van der Waals surface area contributed by atoms with Crippen molar-refractivity contribution >= 4 is 11.6 Å². The van der Waals surface area contributed by atoms with Gasteiger partial charge in [0.15, 0.2) is 11.5 Å². The standard InChI is InChI=1S/C22H28N2O3/c1-4-16-5-7-19(8-6-16)23-22(25)10-12-24-11-9-17-13-20(26-2)21(27-3)14-18(17)15-24/h5-8,13-14H,4,9-12,15H2,1-3H3,(H,23,25). The molecule has 0 aliphatic carbocycles. The van der Waals surface area contributed by atoms with Crippen LogP contribution in [0.25, 0.3) is 0 Å². The Kier molecular flexibility index (Phi) is 6.35. The Balaban J connectivity index is 1.54. The Morgan fingerprint density at radius 3 is 2.37 bits per heavy atom. The van der Waals surface area contributed by atoms with Crippen molar-refractivity contribution in [2.75, 3.05) is 32.6 Å². The summed E-state index contributed by atoms with van der Waals surface area (Å²) in [5.41, 5.74) is 4.67. The van der Waals surface area contributed by atoms with E-state index in [0.29, 0.717) is 6.42 Å². The number of rotatable bonds is 7. The van der Waals surface area contributed by atoms with Crippen molar-refractivity contribution in [2.24, 2.45) is 0 Å². The molecule has 1 amide bonds. The number of methoxy groups -OCH3 is 2. The van der Waals surface area contributed by atoms with E-state index in [1.807, 2.05) is 12.1 Å². The number of amides is 1. The van der Waals surface area contributed by atoms with Crippen LogP contribution in [0.1, 0.15) is 30.0 Å². The first-order valence-corrected chi connectivity index (χ1v) is 9.47. The Hall–Kier alpha value is -2.53. The van der Waals surface area contributed by atoms with Crippen LogP contribution in [0.2, 0.25) is 0 Å². The molecule has 0 atom stereocenters. The first kappa shape index (κ1) is 19.2. The van der Waals surface area contributed by atoms with Crippen LogP contribution < -0.4 is 14.8 Å². The summed E-state index contributed by atoms with van der Waals surface area (Å²) in [6.45, 7) is 4.64. The summed E-state index contributed by atoms with van der Waals surface area (Å²) in [7, 11) is 3.32. The number of anilines is 1. The van der Waals surface area contributed by atoms with Crippen LogP contribution in [0.3, 0.4) is 0 Å². The van der Waals surface area contributed by atoms with Crippen molar-refractivity contribution in [3.63, 3.8) is 0 Å². The molecule has 2 aromatic carbocycles. The third-order valence-electron chi connectivity index (χ3n) is 5.10. The number of benzene rings is 2. The Labute approximate surface area is 161 Å². The Morgan fingerprint density at radius 2 is 1.74 bits per heavy atom. The lowest BCUT2D eigenvalue weighted by molar-refractivity contribution is -0.116. The number of carbonyl (C=O) groups is 1. The molecule has 27 heavy (non-hydrogen) atoms. The van der Waals surface area contributed by atoms with Gasteiger partial charge in [0.05, 0.1) is 14.2 Å². The molecular formula is C22H28N2O3. The predicted octanol–water partition coefficient (Wildman–Crippen LogP) is 3.65. The number of hydrogen-bond acceptors (Lipinski definition) is 4. The fraction of sp³-hybridized carbons (Fsp3) is 0.409. The molecule has 1 aliphatic heterocycles. The van der Waals surface area contributed by atoms with Crippen molar-refractivity contribution in [3.8, 4) is 11.5 Å². The molecule has 0 bridgehead atoms. The number of nitrogens with zero attached hydrogens (tertiary/aromatic N) is 1. The van der Waals surface area contributed by atoms with Crippen LogP contribution >= 0.6 is 0 Å². The smallest absolute Gasteiger partial charge is 0.225 e. The molecule has 3 rings (SSSR count). The zero-order valence-corrected chi connectivity index (χ0v) is 16.4. The van der Waals surface area contributed by atoms with Gasteiger partial charge in [0.2, 0.25) is 5.91 Å². The number of nitrogens with one attached hydrogen (secondary N) is 1. The lowest BCUT2D eigenvalue weighted by atomic mass is 9.98. The topological polar surface area (TPSA) is 50.8 Å². The second kappa shape index (κ2) is 8.91. The molecule has 1 heterocycles. The molecule has 1 aliphatic rings. The van der Waals surface area contributed by atoms with Crippen molar-refractivity contribution in [1.29, 1.82) is 0 Å². The zero-order chi connectivity index (χ0) is 19.2. The van der Waals surface area contributed by atoms with Crippen LogP contribution in [0.5, 0.6) is 11.5 Å². The van der Waals surface area contributed by atoms with Crippen LogP contribution in [-0.4, -0.2) is 38.1 Å². The van der Waals surface area contributed by atoms with Crippen molar-refractivity contribution < 1.29 is 14.3 Å². The molecule has 0 spiro atoms. The van der Waals surface area contributed by atoms with Crippen molar-refractivity contribution in [1.82, 2.24) is 4.90 Å². The van der Waals surface area contributed by atoms with Crippen LogP contribution in [-0.2, 0) is 24.2 Å². The maximum absolute atomic E-state index is 12.3. The number of aryl methyl sites for hydroxylation is 1. The molecule has 0 unspecified atom stereocenters. The lowest BCUT2D eigenvalue weighted by Crippen LogP contribution is -2.33.